The van der Waals surface area contributed by atoms with E-state index in [4.69, 9.17) is 17.3 Å². The summed E-state index contributed by atoms with van der Waals surface area (Å²) in [6.07, 6.45) is 3.23. The molecule has 0 radical (unpaired) electrons. The first-order chi connectivity index (χ1) is 13.9. The molecule has 0 amide bonds. The van der Waals surface area contributed by atoms with Crippen molar-refractivity contribution in [2.75, 3.05) is 25.4 Å². The number of aromatic amines is 1. The summed E-state index contributed by atoms with van der Waals surface area (Å²) in [7, 11) is 0. The maximum absolute atomic E-state index is 9.52. The third-order valence-corrected chi connectivity index (χ3v) is 6.03. The average Bonchev–Trinajstić information content (AvgIpc) is 3.18. The number of halogens is 1. The Balaban J connectivity index is 1.89. The summed E-state index contributed by atoms with van der Waals surface area (Å²) in [5.41, 5.74) is 10.3. The molecule has 0 aliphatic carbocycles. The van der Waals surface area contributed by atoms with E-state index in [0.29, 0.717) is 23.9 Å². The number of aliphatic hydroxyl groups is 1. The highest BCUT2D eigenvalue weighted by Crippen LogP contribution is 2.45. The molecule has 9 heteroatoms. The van der Waals surface area contributed by atoms with E-state index < -0.39 is 0 Å². The largest absolute Gasteiger partial charge is 0.395 e. The number of hydrogen-bond acceptors (Lipinski definition) is 6. The standard InChI is InChI=1S/C20H22ClN7O/c1-20(2)9-27(6-7-29)8-12-13(14-17(22)24-10-25-19(14)28(12)20)16-15(21)11-4-3-5-23-18(11)26-16/h3-5,10,29H,6-9H2,1-2H3,(H,23,26)(H2,22,24,25). The molecule has 4 N–H and O–H groups in total. The first kappa shape index (κ1) is 18.4. The first-order valence-electron chi connectivity index (χ1n) is 9.52. The summed E-state index contributed by atoms with van der Waals surface area (Å²) in [6, 6.07) is 3.81. The van der Waals surface area contributed by atoms with Crippen molar-refractivity contribution in [3.8, 4) is 11.3 Å². The van der Waals surface area contributed by atoms with Crippen molar-refractivity contribution < 1.29 is 5.11 Å². The third-order valence-electron chi connectivity index (χ3n) is 5.64. The highest BCUT2D eigenvalue weighted by Gasteiger charge is 2.37. The molecule has 0 unspecified atom stereocenters. The Labute approximate surface area is 172 Å². The van der Waals surface area contributed by atoms with E-state index in [1.165, 1.54) is 6.33 Å². The zero-order valence-electron chi connectivity index (χ0n) is 16.3. The van der Waals surface area contributed by atoms with Gasteiger partial charge in [-0.05, 0) is 26.0 Å². The van der Waals surface area contributed by atoms with Gasteiger partial charge >= 0.3 is 0 Å². The second kappa shape index (κ2) is 6.41. The lowest BCUT2D eigenvalue weighted by atomic mass is 9.99. The minimum absolute atomic E-state index is 0.102. The topological polar surface area (TPSA) is 109 Å². The number of anilines is 1. The number of pyridine rings is 1. The van der Waals surface area contributed by atoms with Crippen LogP contribution in [0.3, 0.4) is 0 Å². The minimum Gasteiger partial charge on any atom is -0.395 e. The molecule has 0 atom stereocenters. The number of aliphatic hydroxyl groups excluding tert-OH is 1. The van der Waals surface area contributed by atoms with Crippen LogP contribution in [0.1, 0.15) is 19.5 Å². The van der Waals surface area contributed by atoms with Crippen molar-refractivity contribution >= 4 is 39.5 Å². The van der Waals surface area contributed by atoms with Crippen molar-refractivity contribution in [3.63, 3.8) is 0 Å². The van der Waals surface area contributed by atoms with E-state index in [0.717, 1.165) is 45.6 Å². The molecule has 4 aromatic rings. The second-order valence-electron chi connectivity index (χ2n) is 8.07. The average molecular weight is 412 g/mol. The lowest BCUT2D eigenvalue weighted by Gasteiger charge is -2.40. The van der Waals surface area contributed by atoms with Crippen LogP contribution in [0.15, 0.2) is 24.7 Å². The summed E-state index contributed by atoms with van der Waals surface area (Å²) in [5.74, 6) is 0.416. The van der Waals surface area contributed by atoms with Crippen LogP contribution in [0, 0.1) is 0 Å². The maximum Gasteiger partial charge on any atom is 0.146 e. The fraction of sp³-hybridized carbons (Fsp3) is 0.350. The van der Waals surface area contributed by atoms with E-state index >= 15 is 0 Å². The van der Waals surface area contributed by atoms with E-state index in [1.54, 1.807) is 6.20 Å². The minimum atomic E-state index is -0.253. The number of nitrogens with two attached hydrogens (primary N) is 1. The fourth-order valence-corrected chi connectivity index (χ4v) is 4.90. The van der Waals surface area contributed by atoms with Crippen LogP contribution in [0.5, 0.6) is 0 Å². The molecular weight excluding hydrogens is 390 g/mol. The van der Waals surface area contributed by atoms with Gasteiger partial charge in [-0.2, -0.15) is 0 Å². The highest BCUT2D eigenvalue weighted by atomic mass is 35.5. The summed E-state index contributed by atoms with van der Waals surface area (Å²) in [4.78, 5) is 18.8. The summed E-state index contributed by atoms with van der Waals surface area (Å²) >= 11 is 6.80. The van der Waals surface area contributed by atoms with E-state index in [1.807, 2.05) is 12.1 Å². The van der Waals surface area contributed by atoms with Gasteiger partial charge < -0.3 is 20.4 Å². The molecule has 0 spiro atoms. The quantitative estimate of drug-likeness (QED) is 0.478. The Bertz CT molecular complexity index is 1240. The van der Waals surface area contributed by atoms with Crippen LogP contribution in [0.2, 0.25) is 5.02 Å². The Morgan fingerprint density at radius 3 is 2.90 bits per heavy atom. The van der Waals surface area contributed by atoms with Crippen LogP contribution >= 0.6 is 11.6 Å². The van der Waals surface area contributed by atoms with Crippen LogP contribution in [0.4, 0.5) is 5.82 Å². The van der Waals surface area contributed by atoms with Gasteiger partial charge in [0.15, 0.2) is 0 Å². The number of nitrogens with zero attached hydrogens (tertiary/aromatic N) is 5. The van der Waals surface area contributed by atoms with Gasteiger partial charge in [0.1, 0.15) is 23.4 Å². The zero-order chi connectivity index (χ0) is 20.3. The summed E-state index contributed by atoms with van der Waals surface area (Å²) < 4.78 is 2.23. The fourth-order valence-electron chi connectivity index (χ4n) is 4.60. The number of fused-ring (bicyclic) bond motifs is 4. The zero-order valence-corrected chi connectivity index (χ0v) is 17.0. The maximum atomic E-state index is 9.52. The summed E-state index contributed by atoms with van der Waals surface area (Å²) in [6.45, 7) is 6.45. The van der Waals surface area contributed by atoms with Gasteiger partial charge in [0.2, 0.25) is 0 Å². The van der Waals surface area contributed by atoms with Crippen LogP contribution in [-0.2, 0) is 12.1 Å². The van der Waals surface area contributed by atoms with Crippen molar-refractivity contribution in [1.29, 1.82) is 0 Å². The van der Waals surface area contributed by atoms with Gasteiger partial charge in [0.05, 0.1) is 28.2 Å². The molecule has 1 aliphatic rings. The van der Waals surface area contributed by atoms with Gasteiger partial charge in [-0.15, -0.1) is 0 Å². The molecular formula is C20H22ClN7O. The van der Waals surface area contributed by atoms with E-state index in [2.05, 4.69) is 43.3 Å². The van der Waals surface area contributed by atoms with Gasteiger partial charge in [-0.25, -0.2) is 15.0 Å². The Morgan fingerprint density at radius 2 is 2.14 bits per heavy atom. The number of β-amino-alcohol motifs (C(OH)–C–C–N with tert-alkyl or cyclic N) is 1. The molecule has 0 aromatic carbocycles. The van der Waals surface area contributed by atoms with E-state index in [9.17, 15) is 5.11 Å². The molecule has 0 fully saturated rings. The summed E-state index contributed by atoms with van der Waals surface area (Å²) in [5, 5.41) is 11.8. The number of nitrogens with one attached hydrogen (secondary N) is 1. The van der Waals surface area contributed by atoms with Crippen LogP contribution in [-0.4, -0.2) is 54.2 Å². The molecule has 5 heterocycles. The molecule has 0 bridgehead atoms. The normalized spacial score (nSPS) is 16.6. The van der Waals surface area contributed by atoms with Gasteiger partial charge in [0.25, 0.3) is 0 Å². The van der Waals surface area contributed by atoms with Crippen molar-refractivity contribution in [3.05, 3.63) is 35.4 Å². The molecule has 29 heavy (non-hydrogen) atoms. The number of rotatable bonds is 3. The number of aromatic nitrogens is 5. The Hall–Kier alpha value is -2.68. The predicted molar refractivity (Wildman–Crippen MR) is 114 cm³/mol. The van der Waals surface area contributed by atoms with Crippen molar-refractivity contribution in [1.82, 2.24) is 29.4 Å². The Morgan fingerprint density at radius 1 is 1.31 bits per heavy atom. The van der Waals surface area contributed by atoms with E-state index in [-0.39, 0.29) is 12.1 Å². The molecule has 1 aliphatic heterocycles. The lowest BCUT2D eigenvalue weighted by Crippen LogP contribution is -2.47. The molecule has 0 saturated heterocycles. The molecule has 4 aromatic heterocycles. The van der Waals surface area contributed by atoms with Crippen LogP contribution < -0.4 is 5.73 Å². The van der Waals surface area contributed by atoms with Crippen molar-refractivity contribution in [2.45, 2.75) is 25.9 Å². The molecule has 150 valence electrons. The number of hydrogen-bond donors (Lipinski definition) is 3. The SMILES string of the molecule is CC1(C)CN(CCO)Cc2c(-c3[nH]c4ncccc4c3Cl)c3c(N)ncnc3n21. The van der Waals surface area contributed by atoms with Crippen molar-refractivity contribution in [2.24, 2.45) is 0 Å². The number of H-pyrrole nitrogens is 1. The van der Waals surface area contributed by atoms with Gasteiger partial charge in [-0.3, -0.25) is 4.90 Å². The van der Waals surface area contributed by atoms with Crippen LogP contribution in [0.25, 0.3) is 33.3 Å². The molecule has 0 saturated carbocycles. The lowest BCUT2D eigenvalue weighted by molar-refractivity contribution is 0.112. The van der Waals surface area contributed by atoms with Gasteiger partial charge in [0, 0.05) is 42.5 Å². The highest BCUT2D eigenvalue weighted by molar-refractivity contribution is 6.38. The monoisotopic (exact) mass is 411 g/mol. The second-order valence-corrected chi connectivity index (χ2v) is 8.45. The smallest absolute Gasteiger partial charge is 0.146 e. The number of nitrogen functional groups attached to an aromatic ring is 1. The first-order valence-corrected chi connectivity index (χ1v) is 9.90. The van der Waals surface area contributed by atoms with Gasteiger partial charge in [-0.1, -0.05) is 11.6 Å². The third kappa shape index (κ3) is 2.63. The molecule has 5 rings (SSSR count). The Kier molecular flexibility index (Phi) is 4.06. The molecule has 8 nitrogen and oxygen atoms in total. The predicted octanol–water partition coefficient (Wildman–Crippen LogP) is 2.75.